The number of anilines is 1. The van der Waals surface area contributed by atoms with Crippen LogP contribution >= 0.6 is 0 Å². The number of fused-ring (bicyclic) bond motifs is 1. The summed E-state index contributed by atoms with van der Waals surface area (Å²) in [6, 6.07) is 24.2. The third-order valence-electron chi connectivity index (χ3n) is 4.37. The number of para-hydroxylation sites is 2. The second-order valence-corrected chi connectivity index (χ2v) is 6.15. The van der Waals surface area contributed by atoms with Gasteiger partial charge in [0.05, 0.1) is 18.4 Å². The van der Waals surface area contributed by atoms with Crippen LogP contribution in [0.2, 0.25) is 0 Å². The molecule has 1 aliphatic rings. The fraction of sp³-hybridized carbons (Fsp3) is 0.0455. The van der Waals surface area contributed by atoms with Gasteiger partial charge in [-0.15, -0.1) is 5.10 Å². The molecule has 0 saturated carbocycles. The summed E-state index contributed by atoms with van der Waals surface area (Å²) in [5.41, 5.74) is 3.46. The highest BCUT2D eigenvalue weighted by Gasteiger charge is 2.33. The molecule has 3 aromatic rings. The lowest BCUT2D eigenvalue weighted by Gasteiger charge is -2.16. The topological polar surface area (TPSA) is 65.3 Å². The van der Waals surface area contributed by atoms with E-state index in [9.17, 15) is 9.90 Å². The van der Waals surface area contributed by atoms with Crippen LogP contribution in [0.3, 0.4) is 0 Å². The first-order valence-electron chi connectivity index (χ1n) is 8.58. The second-order valence-electron chi connectivity index (χ2n) is 6.15. The number of phenols is 1. The summed E-state index contributed by atoms with van der Waals surface area (Å²) in [5, 5.41) is 18.0. The maximum Gasteiger partial charge on any atom is 0.279 e. The molecule has 1 N–H and O–H groups in total. The molecule has 4 rings (SSSR count). The largest absolute Gasteiger partial charge is 0.507 e. The maximum absolute atomic E-state index is 12.9. The SMILES string of the molecule is O=C1C(=NN=Cc2ccccc2O)c2ccccc2N1Cc1ccccc1. The molecular formula is C22H17N3O2. The van der Waals surface area contributed by atoms with Crippen molar-refractivity contribution in [3.8, 4) is 5.75 Å². The Morgan fingerprint density at radius 1 is 0.889 bits per heavy atom. The van der Waals surface area contributed by atoms with Crippen LogP contribution in [0.1, 0.15) is 16.7 Å². The number of nitrogens with zero attached hydrogens (tertiary/aromatic N) is 3. The van der Waals surface area contributed by atoms with Crippen LogP contribution in [0.15, 0.2) is 89.1 Å². The molecule has 1 heterocycles. The van der Waals surface area contributed by atoms with Gasteiger partial charge in [-0.3, -0.25) is 4.79 Å². The molecule has 0 aliphatic carbocycles. The molecule has 1 amide bonds. The van der Waals surface area contributed by atoms with E-state index in [1.165, 1.54) is 6.21 Å². The molecule has 1 aliphatic heterocycles. The smallest absolute Gasteiger partial charge is 0.279 e. The number of benzene rings is 3. The predicted octanol–water partition coefficient (Wildman–Crippen LogP) is 3.76. The van der Waals surface area contributed by atoms with Crippen molar-refractivity contribution in [2.24, 2.45) is 10.2 Å². The summed E-state index contributed by atoms with van der Waals surface area (Å²) in [4.78, 5) is 14.7. The van der Waals surface area contributed by atoms with Gasteiger partial charge >= 0.3 is 0 Å². The van der Waals surface area contributed by atoms with E-state index < -0.39 is 0 Å². The molecule has 0 bridgehead atoms. The van der Waals surface area contributed by atoms with E-state index in [0.29, 0.717) is 17.8 Å². The number of phenolic OH excluding ortho intramolecular Hbond substituents is 1. The molecule has 5 nitrogen and oxygen atoms in total. The van der Waals surface area contributed by atoms with Crippen molar-refractivity contribution in [1.82, 2.24) is 0 Å². The fourth-order valence-electron chi connectivity index (χ4n) is 3.03. The Balaban J connectivity index is 1.66. The molecule has 0 aromatic heterocycles. The monoisotopic (exact) mass is 355 g/mol. The van der Waals surface area contributed by atoms with E-state index in [2.05, 4.69) is 10.2 Å². The summed E-state index contributed by atoms with van der Waals surface area (Å²) in [5.74, 6) is -0.0696. The van der Waals surface area contributed by atoms with Gasteiger partial charge in [0.25, 0.3) is 5.91 Å². The molecule has 5 heteroatoms. The van der Waals surface area contributed by atoms with Crippen molar-refractivity contribution >= 4 is 23.5 Å². The lowest BCUT2D eigenvalue weighted by molar-refractivity contribution is -0.112. The van der Waals surface area contributed by atoms with Gasteiger partial charge in [-0.05, 0) is 23.8 Å². The Hall–Kier alpha value is -3.73. The van der Waals surface area contributed by atoms with Crippen molar-refractivity contribution in [3.05, 3.63) is 95.6 Å². The minimum Gasteiger partial charge on any atom is -0.507 e. The quantitative estimate of drug-likeness (QED) is 0.572. The highest BCUT2D eigenvalue weighted by atomic mass is 16.3. The van der Waals surface area contributed by atoms with Crippen molar-refractivity contribution in [2.75, 3.05) is 4.90 Å². The zero-order valence-electron chi connectivity index (χ0n) is 14.5. The molecular weight excluding hydrogens is 338 g/mol. The third kappa shape index (κ3) is 3.35. The van der Waals surface area contributed by atoms with Crippen LogP contribution in [0.5, 0.6) is 5.75 Å². The van der Waals surface area contributed by atoms with E-state index >= 15 is 0 Å². The first kappa shape index (κ1) is 16.7. The van der Waals surface area contributed by atoms with E-state index in [4.69, 9.17) is 0 Å². The van der Waals surface area contributed by atoms with Gasteiger partial charge in [-0.2, -0.15) is 5.10 Å². The third-order valence-corrected chi connectivity index (χ3v) is 4.37. The molecule has 0 spiro atoms. The Morgan fingerprint density at radius 3 is 2.41 bits per heavy atom. The zero-order chi connectivity index (χ0) is 18.6. The van der Waals surface area contributed by atoms with Crippen LogP contribution in [-0.4, -0.2) is 22.9 Å². The zero-order valence-corrected chi connectivity index (χ0v) is 14.5. The number of rotatable bonds is 4. The molecule has 0 unspecified atom stereocenters. The van der Waals surface area contributed by atoms with Crippen molar-refractivity contribution < 1.29 is 9.90 Å². The van der Waals surface area contributed by atoms with Crippen LogP contribution in [0.25, 0.3) is 0 Å². The molecule has 27 heavy (non-hydrogen) atoms. The fourth-order valence-corrected chi connectivity index (χ4v) is 3.03. The summed E-state index contributed by atoms with van der Waals surface area (Å²) in [7, 11) is 0. The highest BCUT2D eigenvalue weighted by Crippen LogP contribution is 2.30. The van der Waals surface area contributed by atoms with E-state index in [-0.39, 0.29) is 11.7 Å². The summed E-state index contributed by atoms with van der Waals surface area (Å²) in [6.45, 7) is 0.471. The van der Waals surface area contributed by atoms with E-state index in [0.717, 1.165) is 16.8 Å². The van der Waals surface area contributed by atoms with E-state index in [1.54, 1.807) is 29.2 Å². The lowest BCUT2D eigenvalue weighted by atomic mass is 10.1. The van der Waals surface area contributed by atoms with Crippen LogP contribution in [0.4, 0.5) is 5.69 Å². The van der Waals surface area contributed by atoms with Gasteiger partial charge in [-0.25, -0.2) is 0 Å². The Morgan fingerprint density at radius 2 is 1.59 bits per heavy atom. The van der Waals surface area contributed by atoms with E-state index in [1.807, 2.05) is 54.6 Å². The normalized spacial score (nSPS) is 14.9. The lowest BCUT2D eigenvalue weighted by Crippen LogP contribution is -2.29. The van der Waals surface area contributed by atoms with Gasteiger partial charge in [0.1, 0.15) is 5.75 Å². The average molecular weight is 355 g/mol. The second kappa shape index (κ2) is 7.25. The molecule has 0 saturated heterocycles. The standard InChI is InChI=1S/C22H17N3O2/c26-20-13-7-4-10-17(20)14-23-24-21-18-11-5-6-12-19(18)25(22(21)27)15-16-8-2-1-3-9-16/h1-14,26H,15H2. The number of amides is 1. The number of hydrogen-bond acceptors (Lipinski definition) is 4. The molecule has 3 aromatic carbocycles. The predicted molar refractivity (Wildman–Crippen MR) is 106 cm³/mol. The van der Waals surface area contributed by atoms with Gasteiger partial charge in [-0.1, -0.05) is 60.7 Å². The van der Waals surface area contributed by atoms with Crippen LogP contribution in [-0.2, 0) is 11.3 Å². The maximum atomic E-state index is 12.9. The molecule has 0 atom stereocenters. The summed E-state index contributed by atoms with van der Waals surface area (Å²) >= 11 is 0. The van der Waals surface area contributed by atoms with Crippen molar-refractivity contribution in [1.29, 1.82) is 0 Å². The Bertz CT molecular complexity index is 1040. The van der Waals surface area contributed by atoms with Crippen molar-refractivity contribution in [3.63, 3.8) is 0 Å². The number of aromatic hydroxyl groups is 1. The molecule has 132 valence electrons. The highest BCUT2D eigenvalue weighted by molar-refractivity contribution is 6.54. The Labute approximate surface area is 156 Å². The van der Waals surface area contributed by atoms with Gasteiger partial charge in [0.2, 0.25) is 0 Å². The first-order chi connectivity index (χ1) is 13.2. The van der Waals surface area contributed by atoms with Gasteiger partial charge in [0.15, 0.2) is 5.71 Å². The van der Waals surface area contributed by atoms with Gasteiger partial charge in [0, 0.05) is 11.1 Å². The Kier molecular flexibility index (Phi) is 4.49. The number of hydrogen-bond donors (Lipinski definition) is 1. The summed E-state index contributed by atoms with van der Waals surface area (Å²) < 4.78 is 0. The number of carbonyl (C=O) groups excluding carboxylic acids is 1. The van der Waals surface area contributed by atoms with Crippen molar-refractivity contribution in [2.45, 2.75) is 6.54 Å². The van der Waals surface area contributed by atoms with Gasteiger partial charge < -0.3 is 10.0 Å². The van der Waals surface area contributed by atoms with Crippen LogP contribution in [0, 0.1) is 0 Å². The number of carbonyl (C=O) groups is 1. The minimum atomic E-state index is -0.186. The van der Waals surface area contributed by atoms with Crippen LogP contribution < -0.4 is 4.90 Å². The molecule has 0 radical (unpaired) electrons. The molecule has 0 fully saturated rings. The first-order valence-corrected chi connectivity index (χ1v) is 8.58. The average Bonchev–Trinajstić information content (AvgIpc) is 2.96. The summed E-state index contributed by atoms with van der Waals surface area (Å²) in [6.07, 6.45) is 1.44. The minimum absolute atomic E-state index is 0.116.